The molecule has 0 amide bonds. The summed E-state index contributed by atoms with van der Waals surface area (Å²) in [6, 6.07) is 10.3. The van der Waals surface area contributed by atoms with E-state index in [9.17, 15) is 15.2 Å². The summed E-state index contributed by atoms with van der Waals surface area (Å²) in [6.07, 6.45) is 1.61. The number of thiazole rings is 1. The number of nitro groups is 1. The first kappa shape index (κ1) is 15.9. The van der Waals surface area contributed by atoms with Crippen LogP contribution in [0.2, 0.25) is 0 Å². The Balaban J connectivity index is 1.59. The minimum atomic E-state index is -0.441. The van der Waals surface area contributed by atoms with Crippen molar-refractivity contribution < 1.29 is 10.0 Å². The average molecular weight is 334 g/mol. The summed E-state index contributed by atoms with van der Waals surface area (Å²) in [5.74, 6) is 0. The molecule has 23 heavy (non-hydrogen) atoms. The number of aliphatic hydroxyl groups excluding tert-OH is 1. The molecule has 2 heterocycles. The van der Waals surface area contributed by atoms with Crippen molar-refractivity contribution in [3.8, 4) is 0 Å². The molecule has 8 heteroatoms. The maximum atomic E-state index is 10.7. The second-order valence-electron chi connectivity index (χ2n) is 5.60. The van der Waals surface area contributed by atoms with Crippen molar-refractivity contribution in [2.24, 2.45) is 0 Å². The maximum absolute atomic E-state index is 10.7. The molecule has 7 nitrogen and oxygen atoms in total. The Morgan fingerprint density at radius 3 is 2.91 bits per heavy atom. The van der Waals surface area contributed by atoms with Crippen LogP contribution in [-0.2, 0) is 6.54 Å². The van der Waals surface area contributed by atoms with E-state index in [-0.39, 0.29) is 17.1 Å². The van der Waals surface area contributed by atoms with Gasteiger partial charge < -0.3 is 10.4 Å². The maximum Gasteiger partial charge on any atom is 0.345 e. The van der Waals surface area contributed by atoms with Gasteiger partial charge in [-0.25, -0.2) is 4.98 Å². The molecule has 3 rings (SSSR count). The molecule has 1 aliphatic rings. The van der Waals surface area contributed by atoms with Crippen LogP contribution in [0.15, 0.2) is 36.5 Å². The lowest BCUT2D eigenvalue weighted by atomic mass is 10.1. The molecule has 0 radical (unpaired) electrons. The molecular formula is C15H18N4O3S. The number of aliphatic hydroxyl groups is 1. The van der Waals surface area contributed by atoms with Crippen molar-refractivity contribution in [2.75, 3.05) is 18.4 Å². The number of nitrogens with one attached hydrogen (secondary N) is 1. The average Bonchev–Trinajstić information content (AvgIpc) is 3.13. The monoisotopic (exact) mass is 334 g/mol. The van der Waals surface area contributed by atoms with Gasteiger partial charge >= 0.3 is 5.00 Å². The molecule has 0 spiro atoms. The quantitative estimate of drug-likeness (QED) is 0.621. The van der Waals surface area contributed by atoms with Gasteiger partial charge in [-0.2, -0.15) is 0 Å². The zero-order chi connectivity index (χ0) is 16.2. The van der Waals surface area contributed by atoms with Crippen LogP contribution in [0.1, 0.15) is 12.0 Å². The normalized spacial score (nSPS) is 21.4. The van der Waals surface area contributed by atoms with E-state index in [1.807, 2.05) is 18.2 Å². The molecule has 0 bridgehead atoms. The first-order valence-electron chi connectivity index (χ1n) is 7.42. The van der Waals surface area contributed by atoms with Crippen LogP contribution in [0.3, 0.4) is 0 Å². The molecule has 2 unspecified atom stereocenters. The zero-order valence-corrected chi connectivity index (χ0v) is 13.3. The number of rotatable bonds is 6. The largest absolute Gasteiger partial charge is 0.392 e. The topological polar surface area (TPSA) is 91.5 Å². The second-order valence-corrected chi connectivity index (χ2v) is 6.61. The van der Waals surface area contributed by atoms with Gasteiger partial charge in [0.1, 0.15) is 6.20 Å². The lowest BCUT2D eigenvalue weighted by molar-refractivity contribution is -0.380. The van der Waals surface area contributed by atoms with Crippen molar-refractivity contribution >= 4 is 21.5 Å². The second kappa shape index (κ2) is 7.03. The van der Waals surface area contributed by atoms with Crippen LogP contribution in [0.4, 0.5) is 10.1 Å². The predicted molar refractivity (Wildman–Crippen MR) is 88.5 cm³/mol. The highest BCUT2D eigenvalue weighted by atomic mass is 32.1. The number of hydrogen-bond donors (Lipinski definition) is 2. The smallest absolute Gasteiger partial charge is 0.345 e. The highest BCUT2D eigenvalue weighted by molar-refractivity contribution is 7.18. The van der Waals surface area contributed by atoms with Gasteiger partial charge in [0.15, 0.2) is 5.13 Å². The fourth-order valence-corrected chi connectivity index (χ4v) is 3.46. The molecule has 2 atom stereocenters. The van der Waals surface area contributed by atoms with Crippen molar-refractivity contribution in [1.82, 2.24) is 9.88 Å². The standard InChI is InChI=1S/C15H18N4O3S/c20-13-6-12(7-16-15-17-8-14(23-15)19(21)22)18(10-13)9-11-4-2-1-3-5-11/h1-5,8,12-13,20H,6-7,9-10H2,(H,16,17). The van der Waals surface area contributed by atoms with Crippen LogP contribution in [0.25, 0.3) is 0 Å². The molecular weight excluding hydrogens is 316 g/mol. The summed E-state index contributed by atoms with van der Waals surface area (Å²) >= 11 is 1.03. The van der Waals surface area contributed by atoms with Gasteiger partial charge in [0.05, 0.1) is 11.0 Å². The molecule has 0 aliphatic carbocycles. The van der Waals surface area contributed by atoms with Crippen molar-refractivity contribution in [3.05, 3.63) is 52.2 Å². The van der Waals surface area contributed by atoms with Gasteiger partial charge in [-0.15, -0.1) is 0 Å². The number of nitrogens with zero attached hydrogens (tertiary/aromatic N) is 3. The Hall–Kier alpha value is -2.03. The van der Waals surface area contributed by atoms with Crippen LogP contribution in [0.5, 0.6) is 0 Å². The highest BCUT2D eigenvalue weighted by Crippen LogP contribution is 2.26. The van der Waals surface area contributed by atoms with Gasteiger partial charge in [-0.05, 0) is 23.3 Å². The van der Waals surface area contributed by atoms with E-state index in [0.717, 1.165) is 17.9 Å². The first-order chi connectivity index (χ1) is 11.1. The Bertz CT molecular complexity index is 664. The number of β-amino-alcohol motifs (C(OH)–C–C–N with tert-alkyl or cyclic N) is 1. The molecule has 1 aliphatic heterocycles. The zero-order valence-electron chi connectivity index (χ0n) is 12.5. The van der Waals surface area contributed by atoms with E-state index in [4.69, 9.17) is 0 Å². The van der Waals surface area contributed by atoms with E-state index >= 15 is 0 Å². The molecule has 1 aromatic heterocycles. The number of aromatic nitrogens is 1. The molecule has 122 valence electrons. The van der Waals surface area contributed by atoms with E-state index < -0.39 is 4.92 Å². The first-order valence-corrected chi connectivity index (χ1v) is 8.23. The van der Waals surface area contributed by atoms with Crippen molar-refractivity contribution in [2.45, 2.75) is 25.1 Å². The SMILES string of the molecule is O=[N+]([O-])c1cnc(NCC2CC(O)CN2Cc2ccccc2)s1. The summed E-state index contributed by atoms with van der Waals surface area (Å²) in [5.41, 5.74) is 1.21. The van der Waals surface area contributed by atoms with Gasteiger partial charge in [0, 0.05) is 25.7 Å². The number of anilines is 1. The Labute approximate surface area is 137 Å². The molecule has 1 saturated heterocycles. The van der Waals surface area contributed by atoms with Gasteiger partial charge in [0.2, 0.25) is 0 Å². The fraction of sp³-hybridized carbons (Fsp3) is 0.400. The third kappa shape index (κ3) is 4.04. The van der Waals surface area contributed by atoms with Gasteiger partial charge in [-0.1, -0.05) is 30.3 Å². The van der Waals surface area contributed by atoms with Gasteiger partial charge in [0.25, 0.3) is 0 Å². The van der Waals surface area contributed by atoms with Crippen LogP contribution in [-0.4, -0.2) is 45.1 Å². The lowest BCUT2D eigenvalue weighted by Gasteiger charge is -2.24. The number of benzene rings is 1. The van der Waals surface area contributed by atoms with E-state index in [1.54, 1.807) is 0 Å². The Morgan fingerprint density at radius 1 is 1.43 bits per heavy atom. The van der Waals surface area contributed by atoms with E-state index in [1.165, 1.54) is 11.8 Å². The third-order valence-corrected chi connectivity index (χ3v) is 4.80. The summed E-state index contributed by atoms with van der Waals surface area (Å²) < 4.78 is 0. The summed E-state index contributed by atoms with van der Waals surface area (Å²) in [4.78, 5) is 16.5. The number of likely N-dealkylation sites (tertiary alicyclic amines) is 1. The van der Waals surface area contributed by atoms with E-state index in [2.05, 4.69) is 27.3 Å². The Kier molecular flexibility index (Phi) is 4.85. The van der Waals surface area contributed by atoms with Crippen molar-refractivity contribution in [3.63, 3.8) is 0 Å². The minimum absolute atomic E-state index is 0.0279. The highest BCUT2D eigenvalue weighted by Gasteiger charge is 2.30. The molecule has 1 aromatic carbocycles. The minimum Gasteiger partial charge on any atom is -0.392 e. The lowest BCUT2D eigenvalue weighted by Crippen LogP contribution is -2.34. The summed E-state index contributed by atoms with van der Waals surface area (Å²) in [5, 5.41) is 24.3. The van der Waals surface area contributed by atoms with Gasteiger partial charge in [-0.3, -0.25) is 15.0 Å². The Morgan fingerprint density at radius 2 is 2.22 bits per heavy atom. The van der Waals surface area contributed by atoms with Crippen LogP contribution >= 0.6 is 11.3 Å². The van der Waals surface area contributed by atoms with Crippen LogP contribution < -0.4 is 5.32 Å². The van der Waals surface area contributed by atoms with Crippen molar-refractivity contribution in [1.29, 1.82) is 0 Å². The summed E-state index contributed by atoms with van der Waals surface area (Å²) in [7, 11) is 0. The van der Waals surface area contributed by atoms with Crippen LogP contribution in [0, 0.1) is 10.1 Å². The molecule has 2 aromatic rings. The van der Waals surface area contributed by atoms with E-state index in [0.29, 0.717) is 24.6 Å². The fourth-order valence-electron chi connectivity index (χ4n) is 2.82. The third-order valence-electron chi connectivity index (χ3n) is 3.90. The molecule has 2 N–H and O–H groups in total. The summed E-state index contributed by atoms with van der Waals surface area (Å²) in [6.45, 7) is 2.02. The predicted octanol–water partition coefficient (Wildman–Crippen LogP) is 2.10. The molecule has 0 saturated carbocycles. The molecule has 1 fully saturated rings. The number of hydrogen-bond acceptors (Lipinski definition) is 7.